The number of anilines is 2. The molecular weight excluding hydrogens is 402 g/mol. The number of nitrogens with one attached hydrogen (secondary N) is 3. The Kier molecular flexibility index (Phi) is 6.33. The van der Waals surface area contributed by atoms with Crippen LogP contribution in [0.25, 0.3) is 5.52 Å². The largest absolute Gasteiger partial charge is 0.444 e. The van der Waals surface area contributed by atoms with Gasteiger partial charge in [0.25, 0.3) is 0 Å². The van der Waals surface area contributed by atoms with Crippen LogP contribution in [-0.2, 0) is 20.8 Å². The number of H-pyrrole nitrogens is 1. The van der Waals surface area contributed by atoms with Crippen molar-refractivity contribution in [2.24, 2.45) is 0 Å². The Morgan fingerprint density at radius 3 is 3.13 bits per heavy atom. The fourth-order valence-electron chi connectivity index (χ4n) is 3.36. The second-order valence-corrected chi connectivity index (χ2v) is 7.55. The minimum absolute atomic E-state index is 0.0753. The predicted octanol–water partition coefficient (Wildman–Crippen LogP) is 2.70. The van der Waals surface area contributed by atoms with Crippen molar-refractivity contribution in [3.63, 3.8) is 0 Å². The van der Waals surface area contributed by atoms with E-state index in [1.807, 2.05) is 26.0 Å². The quantitative estimate of drug-likeness (QED) is 0.499. The maximum atomic E-state index is 11.9. The number of amides is 1. The van der Waals surface area contributed by atoms with Crippen LogP contribution in [0.4, 0.5) is 16.4 Å². The van der Waals surface area contributed by atoms with Crippen LogP contribution in [0.5, 0.6) is 0 Å². The molecule has 1 amide bonds. The molecule has 0 aliphatic carbocycles. The van der Waals surface area contributed by atoms with Gasteiger partial charge in [0.15, 0.2) is 11.6 Å². The van der Waals surface area contributed by atoms with Gasteiger partial charge in [0.05, 0.1) is 24.6 Å². The summed E-state index contributed by atoms with van der Waals surface area (Å²) in [6, 6.07) is 3.86. The topological polar surface area (TPSA) is 128 Å². The normalized spacial score (nSPS) is 19.5. The van der Waals surface area contributed by atoms with E-state index in [0.29, 0.717) is 31.3 Å². The summed E-state index contributed by atoms with van der Waals surface area (Å²) in [5, 5.41) is 17.8. The maximum absolute atomic E-state index is 11.9. The highest BCUT2D eigenvalue weighted by molar-refractivity contribution is 5.72. The Bertz CT molecular complexity index is 1030. The van der Waals surface area contributed by atoms with Crippen LogP contribution in [-0.4, -0.2) is 56.8 Å². The summed E-state index contributed by atoms with van der Waals surface area (Å²) in [7, 11) is 1.63. The first-order valence-electron chi connectivity index (χ1n) is 10.3. The number of hydrogen-bond donors (Lipinski definition) is 3. The molecule has 3 aromatic rings. The zero-order chi connectivity index (χ0) is 21.8. The molecule has 166 valence electrons. The second-order valence-electron chi connectivity index (χ2n) is 7.55. The molecule has 0 radical (unpaired) electrons. The Morgan fingerprint density at radius 2 is 2.32 bits per heavy atom. The highest BCUT2D eigenvalue weighted by Crippen LogP contribution is 2.31. The maximum Gasteiger partial charge on any atom is 0.407 e. The fourth-order valence-corrected chi connectivity index (χ4v) is 3.36. The molecule has 1 aliphatic rings. The average molecular weight is 429 g/mol. The van der Waals surface area contributed by atoms with E-state index in [2.05, 4.69) is 30.9 Å². The zero-order valence-electron chi connectivity index (χ0n) is 17.8. The van der Waals surface area contributed by atoms with Gasteiger partial charge in [-0.2, -0.15) is 10.2 Å². The van der Waals surface area contributed by atoms with Crippen molar-refractivity contribution in [1.29, 1.82) is 0 Å². The summed E-state index contributed by atoms with van der Waals surface area (Å²) in [6.07, 6.45) is 3.92. The molecule has 0 spiro atoms. The molecular formula is C20H27N7O4. The van der Waals surface area contributed by atoms with Crippen molar-refractivity contribution < 1.29 is 19.0 Å². The van der Waals surface area contributed by atoms with Gasteiger partial charge in [-0.1, -0.05) is 6.92 Å². The van der Waals surface area contributed by atoms with Gasteiger partial charge < -0.3 is 24.8 Å². The van der Waals surface area contributed by atoms with Crippen molar-refractivity contribution in [2.75, 3.05) is 19.0 Å². The molecule has 3 N–H and O–H groups in total. The Hall–Kier alpha value is -3.18. The lowest BCUT2D eigenvalue weighted by Gasteiger charge is -2.14. The van der Waals surface area contributed by atoms with E-state index in [9.17, 15) is 4.79 Å². The predicted molar refractivity (Wildman–Crippen MR) is 112 cm³/mol. The lowest BCUT2D eigenvalue weighted by atomic mass is 10.1. The van der Waals surface area contributed by atoms with Crippen LogP contribution in [0.2, 0.25) is 0 Å². The smallest absolute Gasteiger partial charge is 0.407 e. The zero-order valence-corrected chi connectivity index (χ0v) is 17.8. The molecule has 4 heterocycles. The van der Waals surface area contributed by atoms with E-state index in [0.717, 1.165) is 23.3 Å². The van der Waals surface area contributed by atoms with Gasteiger partial charge in [-0.05, 0) is 19.4 Å². The molecule has 3 aromatic heterocycles. The number of rotatable bonds is 8. The Morgan fingerprint density at radius 1 is 1.45 bits per heavy atom. The molecule has 1 fully saturated rings. The molecule has 0 bridgehead atoms. The molecule has 1 aliphatic heterocycles. The van der Waals surface area contributed by atoms with Crippen molar-refractivity contribution in [3.8, 4) is 0 Å². The molecule has 4 rings (SSSR count). The van der Waals surface area contributed by atoms with E-state index in [4.69, 9.17) is 14.2 Å². The van der Waals surface area contributed by atoms with Gasteiger partial charge in [0.2, 0.25) is 0 Å². The lowest BCUT2D eigenvalue weighted by molar-refractivity contribution is 0.0679. The van der Waals surface area contributed by atoms with E-state index in [1.54, 1.807) is 24.0 Å². The number of fused-ring (bicyclic) bond motifs is 1. The lowest BCUT2D eigenvalue weighted by Crippen LogP contribution is -2.35. The summed E-state index contributed by atoms with van der Waals surface area (Å²) in [6.45, 7) is 4.71. The number of methoxy groups -OCH3 is 1. The van der Waals surface area contributed by atoms with Crippen molar-refractivity contribution in [2.45, 2.75) is 51.5 Å². The van der Waals surface area contributed by atoms with Crippen LogP contribution >= 0.6 is 0 Å². The number of nitrogens with zero attached hydrogens (tertiary/aromatic N) is 4. The first kappa shape index (κ1) is 21.1. The number of hydrogen-bond acceptors (Lipinski definition) is 8. The SMILES string of the molecule is CC[C@@H](C)NC(=O)O[C@H]1CO[C@@H](c2cc(Nc3nccn4nc(COC)cc34)n[nH]2)C1. The van der Waals surface area contributed by atoms with Gasteiger partial charge in [0.1, 0.15) is 17.7 Å². The molecule has 31 heavy (non-hydrogen) atoms. The first-order chi connectivity index (χ1) is 15.1. The van der Waals surface area contributed by atoms with Crippen molar-refractivity contribution in [3.05, 3.63) is 35.9 Å². The number of alkyl carbamates (subject to hydrolysis) is 1. The minimum Gasteiger partial charge on any atom is -0.444 e. The number of carbonyl (C=O) groups is 1. The van der Waals surface area contributed by atoms with Crippen LogP contribution in [0.3, 0.4) is 0 Å². The van der Waals surface area contributed by atoms with Gasteiger partial charge in [-0.3, -0.25) is 5.10 Å². The van der Waals surface area contributed by atoms with E-state index < -0.39 is 6.09 Å². The van der Waals surface area contributed by atoms with Crippen LogP contribution in [0, 0.1) is 0 Å². The minimum atomic E-state index is -0.414. The molecule has 0 saturated carbocycles. The molecule has 11 nitrogen and oxygen atoms in total. The second kappa shape index (κ2) is 9.31. The van der Waals surface area contributed by atoms with Crippen LogP contribution in [0.15, 0.2) is 24.5 Å². The summed E-state index contributed by atoms with van der Waals surface area (Å²) < 4.78 is 18.1. The van der Waals surface area contributed by atoms with Crippen LogP contribution < -0.4 is 10.6 Å². The summed E-state index contributed by atoms with van der Waals surface area (Å²) >= 11 is 0. The number of carbonyl (C=O) groups excluding carboxylic acids is 1. The monoisotopic (exact) mass is 429 g/mol. The van der Waals surface area contributed by atoms with E-state index >= 15 is 0 Å². The first-order valence-corrected chi connectivity index (χ1v) is 10.3. The molecule has 3 atom stereocenters. The molecule has 1 saturated heterocycles. The van der Waals surface area contributed by atoms with E-state index in [-0.39, 0.29) is 18.2 Å². The number of ether oxygens (including phenoxy) is 3. The van der Waals surface area contributed by atoms with Gasteiger partial charge in [-0.15, -0.1) is 0 Å². The van der Waals surface area contributed by atoms with Crippen molar-refractivity contribution in [1.82, 2.24) is 30.1 Å². The highest BCUT2D eigenvalue weighted by atomic mass is 16.6. The Labute approximate surface area is 179 Å². The van der Waals surface area contributed by atoms with E-state index in [1.165, 1.54) is 0 Å². The fraction of sp³-hybridized carbons (Fsp3) is 0.500. The van der Waals surface area contributed by atoms with Crippen molar-refractivity contribution >= 4 is 23.2 Å². The van der Waals surface area contributed by atoms with Crippen LogP contribution in [0.1, 0.15) is 44.2 Å². The third kappa shape index (κ3) is 4.94. The number of aromatic amines is 1. The highest BCUT2D eigenvalue weighted by Gasteiger charge is 2.31. The average Bonchev–Trinajstić information content (AvgIpc) is 3.48. The third-order valence-corrected chi connectivity index (χ3v) is 5.13. The number of aromatic nitrogens is 5. The molecule has 11 heteroatoms. The van der Waals surface area contributed by atoms with Gasteiger partial charge in [-0.25, -0.2) is 14.3 Å². The molecule has 0 unspecified atom stereocenters. The summed E-state index contributed by atoms with van der Waals surface area (Å²) in [5.74, 6) is 1.23. The standard InChI is InChI=1S/C20H27N7O4/c1-4-12(2)22-20(28)31-14-8-17(30-11-14)15-9-18(25-24-15)23-19-16-7-13(10-29-3)26-27(16)6-5-21-19/h5-7,9,12,14,17H,4,8,10-11H2,1-3H3,(H,22,28)(H2,21,23,24,25)/t12-,14-,17-/m1/s1. The molecule has 0 aromatic carbocycles. The summed E-state index contributed by atoms with van der Waals surface area (Å²) in [5.41, 5.74) is 2.43. The Balaban J connectivity index is 1.38. The summed E-state index contributed by atoms with van der Waals surface area (Å²) in [4.78, 5) is 16.3. The van der Waals surface area contributed by atoms with Gasteiger partial charge in [0, 0.05) is 38.0 Å². The third-order valence-electron chi connectivity index (χ3n) is 5.13. The van der Waals surface area contributed by atoms with Gasteiger partial charge >= 0.3 is 6.09 Å².